The molecule has 0 fully saturated rings. The maximum absolute atomic E-state index is 12.5. The van der Waals surface area contributed by atoms with E-state index in [1.807, 2.05) is 44.2 Å². The molecule has 0 spiro atoms. The Bertz CT molecular complexity index is 862. The third-order valence-electron chi connectivity index (χ3n) is 3.87. The molecule has 0 bridgehead atoms. The fourth-order valence-corrected chi connectivity index (χ4v) is 2.50. The van der Waals surface area contributed by atoms with E-state index in [-0.39, 0.29) is 11.7 Å². The van der Waals surface area contributed by atoms with Gasteiger partial charge >= 0.3 is 0 Å². The molecular weight excluding hydrogens is 340 g/mol. The highest BCUT2D eigenvalue weighted by Gasteiger charge is 2.15. The molecule has 5 heteroatoms. The highest BCUT2D eigenvalue weighted by molar-refractivity contribution is 6.09. The Morgan fingerprint density at radius 1 is 1.22 bits per heavy atom. The Hall–Kier alpha value is -3.26. The molecule has 0 atom stereocenters. The van der Waals surface area contributed by atoms with E-state index in [1.54, 1.807) is 25.3 Å². The number of rotatable bonds is 7. The van der Waals surface area contributed by atoms with Crippen LogP contribution in [0.4, 0.5) is 5.69 Å². The first-order valence-electron chi connectivity index (χ1n) is 8.84. The summed E-state index contributed by atoms with van der Waals surface area (Å²) in [5, 5.41) is 12.2. The number of nitrogens with zero attached hydrogens (tertiary/aromatic N) is 1. The Morgan fingerprint density at radius 3 is 2.48 bits per heavy atom. The Labute approximate surface area is 160 Å². The molecule has 140 valence electrons. The quantitative estimate of drug-likeness (QED) is 0.576. The standard InChI is InChI=1S/C22H24N2O3/c1-5-16-9-11-19(12-10-16)24-22(25)18(14-23)13-17-7-6-8-20(26-4)21(17)27-15(2)3/h6-13,15H,5H2,1-4H3,(H,24,25)/b18-13-. The van der Waals surface area contributed by atoms with Crippen molar-refractivity contribution >= 4 is 17.7 Å². The fourth-order valence-electron chi connectivity index (χ4n) is 2.50. The molecule has 0 aliphatic carbocycles. The van der Waals surface area contributed by atoms with E-state index in [0.717, 1.165) is 6.42 Å². The molecule has 2 rings (SSSR count). The van der Waals surface area contributed by atoms with Gasteiger partial charge in [0.15, 0.2) is 11.5 Å². The minimum Gasteiger partial charge on any atom is -0.493 e. The van der Waals surface area contributed by atoms with E-state index in [9.17, 15) is 10.1 Å². The van der Waals surface area contributed by atoms with Crippen LogP contribution >= 0.6 is 0 Å². The number of para-hydroxylation sites is 1. The van der Waals surface area contributed by atoms with Gasteiger partial charge in [0.25, 0.3) is 5.91 Å². The smallest absolute Gasteiger partial charge is 0.266 e. The van der Waals surface area contributed by atoms with Gasteiger partial charge in [-0.05, 0) is 50.1 Å². The lowest BCUT2D eigenvalue weighted by molar-refractivity contribution is -0.112. The van der Waals surface area contributed by atoms with Gasteiger partial charge in [0.05, 0.1) is 13.2 Å². The summed E-state index contributed by atoms with van der Waals surface area (Å²) < 4.78 is 11.2. The number of aryl methyl sites for hydroxylation is 1. The van der Waals surface area contributed by atoms with Gasteiger partial charge in [-0.3, -0.25) is 4.79 Å². The molecule has 0 unspecified atom stereocenters. The number of amides is 1. The lowest BCUT2D eigenvalue weighted by atomic mass is 10.1. The third kappa shape index (κ3) is 5.35. The van der Waals surface area contributed by atoms with E-state index < -0.39 is 5.91 Å². The monoisotopic (exact) mass is 364 g/mol. The number of benzene rings is 2. The molecule has 0 aromatic heterocycles. The lowest BCUT2D eigenvalue weighted by Gasteiger charge is -2.16. The predicted octanol–water partition coefficient (Wildman–Crippen LogP) is 4.59. The summed E-state index contributed by atoms with van der Waals surface area (Å²) in [6.07, 6.45) is 2.35. The lowest BCUT2D eigenvalue weighted by Crippen LogP contribution is -2.13. The van der Waals surface area contributed by atoms with Gasteiger partial charge in [0.1, 0.15) is 11.6 Å². The van der Waals surface area contributed by atoms with Gasteiger partial charge in [-0.1, -0.05) is 31.2 Å². The number of hydrogen-bond acceptors (Lipinski definition) is 4. The molecule has 1 N–H and O–H groups in total. The molecule has 0 saturated heterocycles. The topological polar surface area (TPSA) is 71.4 Å². The number of carbonyl (C=O) groups excluding carboxylic acids is 1. The fraction of sp³-hybridized carbons (Fsp3) is 0.273. The Balaban J connectivity index is 2.31. The Kier molecular flexibility index (Phi) is 7.01. The molecule has 0 radical (unpaired) electrons. The van der Waals surface area contributed by atoms with Crippen LogP contribution in [0.25, 0.3) is 6.08 Å². The number of carbonyl (C=O) groups is 1. The number of ether oxygens (including phenoxy) is 2. The van der Waals surface area contributed by atoms with Gasteiger partial charge < -0.3 is 14.8 Å². The average molecular weight is 364 g/mol. The highest BCUT2D eigenvalue weighted by Crippen LogP contribution is 2.33. The predicted molar refractivity (Wildman–Crippen MR) is 107 cm³/mol. The van der Waals surface area contributed by atoms with Crippen LogP contribution in [0.3, 0.4) is 0 Å². The molecule has 0 saturated carbocycles. The molecule has 27 heavy (non-hydrogen) atoms. The molecule has 5 nitrogen and oxygen atoms in total. The summed E-state index contributed by atoms with van der Waals surface area (Å²) in [6.45, 7) is 5.87. The van der Waals surface area contributed by atoms with Crippen molar-refractivity contribution in [1.82, 2.24) is 0 Å². The van der Waals surface area contributed by atoms with E-state index in [0.29, 0.717) is 22.7 Å². The second-order valence-electron chi connectivity index (χ2n) is 6.22. The van der Waals surface area contributed by atoms with Gasteiger partial charge in [-0.25, -0.2) is 0 Å². The second-order valence-corrected chi connectivity index (χ2v) is 6.22. The zero-order valence-electron chi connectivity index (χ0n) is 16.1. The van der Waals surface area contributed by atoms with Crippen molar-refractivity contribution in [2.24, 2.45) is 0 Å². The van der Waals surface area contributed by atoms with Crippen molar-refractivity contribution in [2.45, 2.75) is 33.3 Å². The number of methoxy groups -OCH3 is 1. The first-order valence-corrected chi connectivity index (χ1v) is 8.84. The van der Waals surface area contributed by atoms with E-state index in [4.69, 9.17) is 9.47 Å². The van der Waals surface area contributed by atoms with Gasteiger partial charge in [-0.2, -0.15) is 5.26 Å². The Morgan fingerprint density at radius 2 is 1.93 bits per heavy atom. The average Bonchev–Trinajstić information content (AvgIpc) is 2.67. The molecule has 0 heterocycles. The highest BCUT2D eigenvalue weighted by atomic mass is 16.5. The van der Waals surface area contributed by atoms with Crippen LogP contribution in [0.1, 0.15) is 31.9 Å². The SMILES string of the molecule is CCc1ccc(NC(=O)/C(C#N)=C\c2cccc(OC)c2OC(C)C)cc1. The molecule has 2 aromatic carbocycles. The van der Waals surface area contributed by atoms with Crippen LogP contribution in [-0.4, -0.2) is 19.1 Å². The summed E-state index contributed by atoms with van der Waals surface area (Å²) >= 11 is 0. The second kappa shape index (κ2) is 9.44. The maximum Gasteiger partial charge on any atom is 0.266 e. The third-order valence-corrected chi connectivity index (χ3v) is 3.87. The van der Waals surface area contributed by atoms with Gasteiger partial charge in [0, 0.05) is 11.3 Å². The molecule has 0 aliphatic heterocycles. The van der Waals surface area contributed by atoms with E-state index in [2.05, 4.69) is 12.2 Å². The molecule has 1 amide bonds. The summed E-state index contributed by atoms with van der Waals surface area (Å²) in [5.74, 6) is 0.577. The van der Waals surface area contributed by atoms with Crippen LogP contribution in [0.15, 0.2) is 48.0 Å². The summed E-state index contributed by atoms with van der Waals surface area (Å²) in [7, 11) is 1.55. The van der Waals surface area contributed by atoms with Crippen LogP contribution < -0.4 is 14.8 Å². The van der Waals surface area contributed by atoms with Gasteiger partial charge in [0.2, 0.25) is 0 Å². The zero-order valence-corrected chi connectivity index (χ0v) is 16.1. The van der Waals surface area contributed by atoms with Crippen molar-refractivity contribution in [1.29, 1.82) is 5.26 Å². The minimum atomic E-state index is -0.472. The number of hydrogen-bond donors (Lipinski definition) is 1. The van der Waals surface area contributed by atoms with Crippen LogP contribution in [0.5, 0.6) is 11.5 Å². The van der Waals surface area contributed by atoms with Crippen LogP contribution in [0.2, 0.25) is 0 Å². The number of nitriles is 1. The van der Waals surface area contributed by atoms with Crippen molar-refractivity contribution in [3.63, 3.8) is 0 Å². The van der Waals surface area contributed by atoms with Crippen molar-refractivity contribution in [3.05, 3.63) is 59.2 Å². The normalized spacial score (nSPS) is 11.0. The molecule has 0 aliphatic rings. The van der Waals surface area contributed by atoms with Gasteiger partial charge in [-0.15, -0.1) is 0 Å². The van der Waals surface area contributed by atoms with E-state index >= 15 is 0 Å². The van der Waals surface area contributed by atoms with Crippen LogP contribution in [-0.2, 0) is 11.2 Å². The molecule has 2 aromatic rings. The number of anilines is 1. The van der Waals surface area contributed by atoms with E-state index in [1.165, 1.54) is 11.6 Å². The zero-order chi connectivity index (χ0) is 19.8. The van der Waals surface area contributed by atoms with Crippen molar-refractivity contribution in [3.8, 4) is 17.6 Å². The van der Waals surface area contributed by atoms with Crippen LogP contribution in [0, 0.1) is 11.3 Å². The van der Waals surface area contributed by atoms with Crippen molar-refractivity contribution in [2.75, 3.05) is 12.4 Å². The number of nitrogens with one attached hydrogen (secondary N) is 1. The summed E-state index contributed by atoms with van der Waals surface area (Å²) in [4.78, 5) is 12.5. The molecular formula is C22H24N2O3. The van der Waals surface area contributed by atoms with Crippen molar-refractivity contribution < 1.29 is 14.3 Å². The summed E-state index contributed by atoms with van der Waals surface area (Å²) in [5.41, 5.74) is 2.41. The largest absolute Gasteiger partial charge is 0.493 e. The first kappa shape index (κ1) is 20.1. The first-order chi connectivity index (χ1) is 13.0. The maximum atomic E-state index is 12.5. The minimum absolute atomic E-state index is 0.0172. The summed E-state index contributed by atoms with van der Waals surface area (Å²) in [6, 6.07) is 14.8.